The summed E-state index contributed by atoms with van der Waals surface area (Å²) >= 11 is 0. The fraction of sp³-hybridized carbons (Fsp3) is 0.133. The van der Waals surface area contributed by atoms with Gasteiger partial charge in [0.05, 0.1) is 17.8 Å². The number of ether oxygens (including phenoxy) is 3. The van der Waals surface area contributed by atoms with Crippen molar-refractivity contribution in [3.05, 3.63) is 100 Å². The normalized spacial score (nSPS) is 14.1. The van der Waals surface area contributed by atoms with Gasteiger partial charge in [0.1, 0.15) is 17.2 Å². The summed E-state index contributed by atoms with van der Waals surface area (Å²) in [6, 6.07) is 24.5. The Kier molecular flexibility index (Phi) is 5.10. The van der Waals surface area contributed by atoms with E-state index in [1.165, 1.54) is 0 Å². The van der Waals surface area contributed by atoms with E-state index in [0.29, 0.717) is 29.3 Å². The molecule has 5 nitrogen and oxygen atoms in total. The van der Waals surface area contributed by atoms with E-state index in [-0.39, 0.29) is 5.97 Å². The van der Waals surface area contributed by atoms with Gasteiger partial charge in [0.15, 0.2) is 0 Å². The van der Waals surface area contributed by atoms with Gasteiger partial charge < -0.3 is 14.2 Å². The van der Waals surface area contributed by atoms with Crippen LogP contribution in [0.4, 0.5) is 0 Å². The molecule has 0 aliphatic carbocycles. The molecule has 172 valence electrons. The Morgan fingerprint density at radius 2 is 1.20 bits per heavy atom. The van der Waals surface area contributed by atoms with Crippen molar-refractivity contribution in [3.8, 4) is 17.2 Å². The number of esters is 2. The molecular weight excluding hydrogens is 440 g/mol. The summed E-state index contributed by atoms with van der Waals surface area (Å²) in [4.78, 5) is 25.7. The van der Waals surface area contributed by atoms with Crippen LogP contribution in [0.5, 0.6) is 17.2 Å². The molecule has 0 N–H and O–H groups in total. The molecule has 0 spiro atoms. The molecule has 0 unspecified atom stereocenters. The number of hydrogen-bond donors (Lipinski definition) is 0. The van der Waals surface area contributed by atoms with E-state index in [1.807, 2.05) is 78.9 Å². The molecule has 6 rings (SSSR count). The fourth-order valence-electron chi connectivity index (χ4n) is 4.68. The fourth-order valence-corrected chi connectivity index (χ4v) is 4.68. The van der Waals surface area contributed by atoms with Crippen LogP contribution in [0.25, 0.3) is 21.9 Å². The SMILES string of the molecule is CCCCOc1ccc(C2=c3ccc4c5c(ccc4c3OC2=O)=C(c2ccccc2)C(=O)O5)cc1. The highest BCUT2D eigenvalue weighted by Crippen LogP contribution is 2.35. The van der Waals surface area contributed by atoms with Crippen LogP contribution in [-0.2, 0) is 9.59 Å². The molecule has 2 aliphatic heterocycles. The zero-order valence-electron chi connectivity index (χ0n) is 19.2. The Bertz CT molecular complexity index is 1620. The van der Waals surface area contributed by atoms with Crippen molar-refractivity contribution >= 4 is 33.9 Å². The minimum absolute atomic E-state index is 0.385. The lowest BCUT2D eigenvalue weighted by Gasteiger charge is -2.06. The first-order valence-electron chi connectivity index (χ1n) is 11.7. The van der Waals surface area contributed by atoms with Crippen LogP contribution in [-0.4, -0.2) is 18.5 Å². The van der Waals surface area contributed by atoms with Gasteiger partial charge in [0.2, 0.25) is 0 Å². The molecule has 0 bridgehead atoms. The van der Waals surface area contributed by atoms with Gasteiger partial charge >= 0.3 is 11.9 Å². The van der Waals surface area contributed by atoms with Crippen LogP contribution in [0.15, 0.2) is 78.9 Å². The maximum Gasteiger partial charge on any atom is 0.344 e. The molecule has 0 atom stereocenters. The largest absolute Gasteiger partial charge is 0.494 e. The van der Waals surface area contributed by atoms with Crippen molar-refractivity contribution in [1.29, 1.82) is 0 Å². The van der Waals surface area contributed by atoms with E-state index >= 15 is 0 Å². The second-order valence-electron chi connectivity index (χ2n) is 8.60. The van der Waals surface area contributed by atoms with Crippen molar-refractivity contribution in [2.24, 2.45) is 0 Å². The molecule has 2 aliphatic rings. The molecule has 4 aromatic rings. The number of hydrogen-bond acceptors (Lipinski definition) is 5. The monoisotopic (exact) mass is 462 g/mol. The van der Waals surface area contributed by atoms with E-state index in [4.69, 9.17) is 14.2 Å². The Morgan fingerprint density at radius 3 is 1.74 bits per heavy atom. The van der Waals surface area contributed by atoms with Gasteiger partial charge in [-0.3, -0.25) is 0 Å². The summed E-state index contributed by atoms with van der Waals surface area (Å²) in [6.45, 7) is 2.79. The Labute approximate surface area is 201 Å². The van der Waals surface area contributed by atoms with Crippen LogP contribution < -0.4 is 24.6 Å². The third-order valence-corrected chi connectivity index (χ3v) is 6.41. The first kappa shape index (κ1) is 21.2. The van der Waals surface area contributed by atoms with Gasteiger partial charge in [-0.05, 0) is 53.9 Å². The number of benzene rings is 4. The number of fused-ring (bicyclic) bond motifs is 5. The molecule has 0 aromatic heterocycles. The van der Waals surface area contributed by atoms with Crippen molar-refractivity contribution in [2.75, 3.05) is 6.61 Å². The van der Waals surface area contributed by atoms with E-state index < -0.39 is 5.97 Å². The van der Waals surface area contributed by atoms with Crippen LogP contribution in [0.2, 0.25) is 0 Å². The summed E-state index contributed by atoms with van der Waals surface area (Å²) in [5, 5.41) is 2.92. The first-order valence-corrected chi connectivity index (χ1v) is 11.7. The predicted octanol–water partition coefficient (Wildman–Crippen LogP) is 4.25. The summed E-state index contributed by atoms with van der Waals surface area (Å²) in [7, 11) is 0. The quantitative estimate of drug-likeness (QED) is 0.244. The highest BCUT2D eigenvalue weighted by atomic mass is 16.5. The topological polar surface area (TPSA) is 61.8 Å². The van der Waals surface area contributed by atoms with Crippen molar-refractivity contribution < 1.29 is 23.8 Å². The van der Waals surface area contributed by atoms with Crippen LogP contribution >= 0.6 is 0 Å². The number of carbonyl (C=O) groups is 2. The Morgan fingerprint density at radius 1 is 0.657 bits per heavy atom. The summed E-state index contributed by atoms with van der Waals surface area (Å²) in [6.07, 6.45) is 2.07. The number of carbonyl (C=O) groups excluding carboxylic acids is 2. The molecule has 5 heteroatoms. The van der Waals surface area contributed by atoms with Crippen molar-refractivity contribution in [1.82, 2.24) is 0 Å². The Hall–Kier alpha value is -4.38. The van der Waals surface area contributed by atoms with Crippen LogP contribution in [0.1, 0.15) is 30.9 Å². The smallest absolute Gasteiger partial charge is 0.344 e. The van der Waals surface area contributed by atoms with E-state index in [9.17, 15) is 9.59 Å². The minimum atomic E-state index is -0.402. The molecule has 0 saturated heterocycles. The van der Waals surface area contributed by atoms with Gasteiger partial charge in [-0.2, -0.15) is 0 Å². The molecule has 0 radical (unpaired) electrons. The maximum absolute atomic E-state index is 12.9. The van der Waals surface area contributed by atoms with Crippen LogP contribution in [0.3, 0.4) is 0 Å². The first-order chi connectivity index (χ1) is 17.2. The average molecular weight is 463 g/mol. The third kappa shape index (κ3) is 3.48. The summed E-state index contributed by atoms with van der Waals surface area (Å²) < 4.78 is 17.2. The minimum Gasteiger partial charge on any atom is -0.494 e. The van der Waals surface area contributed by atoms with Crippen LogP contribution in [0, 0.1) is 0 Å². The van der Waals surface area contributed by atoms with Gasteiger partial charge in [-0.25, -0.2) is 9.59 Å². The summed E-state index contributed by atoms with van der Waals surface area (Å²) in [5.74, 6) is 0.964. The van der Waals surface area contributed by atoms with Crippen molar-refractivity contribution in [2.45, 2.75) is 19.8 Å². The molecule has 4 aromatic carbocycles. The lowest BCUT2D eigenvalue weighted by Crippen LogP contribution is -2.07. The van der Waals surface area contributed by atoms with Crippen molar-refractivity contribution in [3.63, 3.8) is 0 Å². The Balaban J connectivity index is 1.47. The van der Waals surface area contributed by atoms with Gasteiger partial charge in [0.25, 0.3) is 0 Å². The standard InChI is InChI=1S/C30H22O5/c1-2-3-17-33-20-11-9-19(10-12-20)26-24-16-14-21-22(28(24)35-30(26)32)13-15-23-25(29(31)34-27(21)23)18-7-5-4-6-8-18/h4-16H,2-3,17H2,1H3. The lowest BCUT2D eigenvalue weighted by molar-refractivity contribution is -0.128. The lowest BCUT2D eigenvalue weighted by atomic mass is 9.99. The third-order valence-electron chi connectivity index (χ3n) is 6.41. The van der Waals surface area contributed by atoms with E-state index in [0.717, 1.165) is 50.9 Å². The van der Waals surface area contributed by atoms with E-state index in [1.54, 1.807) is 0 Å². The van der Waals surface area contributed by atoms with Gasteiger partial charge in [-0.15, -0.1) is 0 Å². The number of unbranched alkanes of at least 4 members (excludes halogenated alkanes) is 1. The maximum atomic E-state index is 12.9. The highest BCUT2D eigenvalue weighted by Gasteiger charge is 2.30. The second-order valence-corrected chi connectivity index (χ2v) is 8.60. The number of rotatable bonds is 6. The average Bonchev–Trinajstić information content (AvgIpc) is 3.40. The second kappa shape index (κ2) is 8.44. The summed E-state index contributed by atoms with van der Waals surface area (Å²) in [5.41, 5.74) is 2.62. The van der Waals surface area contributed by atoms with Gasteiger partial charge in [0, 0.05) is 21.2 Å². The highest BCUT2D eigenvalue weighted by molar-refractivity contribution is 6.23. The molecule has 0 amide bonds. The predicted molar refractivity (Wildman–Crippen MR) is 133 cm³/mol. The zero-order chi connectivity index (χ0) is 23.9. The molecule has 2 heterocycles. The molecule has 0 saturated carbocycles. The van der Waals surface area contributed by atoms with E-state index in [2.05, 4.69) is 6.92 Å². The molecular formula is C30H22O5. The zero-order valence-corrected chi connectivity index (χ0v) is 19.2. The molecule has 35 heavy (non-hydrogen) atoms. The van der Waals surface area contributed by atoms with Gasteiger partial charge in [-0.1, -0.05) is 55.8 Å². The molecule has 0 fully saturated rings.